The molecule has 98 valence electrons. The Morgan fingerprint density at radius 1 is 1.50 bits per heavy atom. The highest BCUT2D eigenvalue weighted by molar-refractivity contribution is 5.96. The van der Waals surface area contributed by atoms with E-state index in [4.69, 9.17) is 5.73 Å². The first-order valence-electron chi connectivity index (χ1n) is 5.99. The van der Waals surface area contributed by atoms with Gasteiger partial charge in [0.15, 0.2) is 0 Å². The van der Waals surface area contributed by atoms with Gasteiger partial charge >= 0.3 is 0 Å². The number of unbranched alkanes of at least 4 members (excludes halogenated alkanes) is 1. The van der Waals surface area contributed by atoms with Crippen molar-refractivity contribution in [3.8, 4) is 0 Å². The molecule has 6 heteroatoms. The third kappa shape index (κ3) is 4.90. The molecule has 0 spiro atoms. The molecule has 1 aromatic rings. The quantitative estimate of drug-likeness (QED) is 0.588. The molecule has 0 aromatic carbocycles. The number of carbonyl (C=O) groups excluding carboxylic acids is 1. The maximum absolute atomic E-state index is 12.0. The first-order chi connectivity index (χ1) is 8.63. The Labute approximate surface area is 107 Å². The molecule has 1 rings (SSSR count). The molecule has 0 fully saturated rings. The normalized spacial score (nSPS) is 13.1. The van der Waals surface area contributed by atoms with Crippen LogP contribution in [0.4, 0.5) is 5.69 Å². The summed E-state index contributed by atoms with van der Waals surface area (Å²) >= 11 is 0. The number of amides is 1. The van der Waals surface area contributed by atoms with E-state index in [1.807, 2.05) is 0 Å². The van der Waals surface area contributed by atoms with Crippen molar-refractivity contribution in [3.63, 3.8) is 0 Å². The smallest absolute Gasteiger partial charge is 0.249 e. The molecular weight excluding hydrogens is 230 g/mol. The van der Waals surface area contributed by atoms with Gasteiger partial charge in [-0.15, -0.1) is 0 Å². The molecule has 1 unspecified atom stereocenters. The molecule has 0 aliphatic heterocycles. The highest BCUT2D eigenvalue weighted by atomic mass is 16.2. The second kappa shape index (κ2) is 7.37. The Kier molecular flexibility index (Phi) is 5.76. The van der Waals surface area contributed by atoms with E-state index in [1.54, 1.807) is 19.3 Å². The van der Waals surface area contributed by atoms with Gasteiger partial charge in [-0.2, -0.15) is 0 Å². The number of aliphatic imine (C=N–C) groups is 1. The summed E-state index contributed by atoms with van der Waals surface area (Å²) in [6, 6.07) is -0.449. The molecule has 18 heavy (non-hydrogen) atoms. The molecular formula is C12H19N5O. The number of hydrogen-bond donors (Lipinski definition) is 2. The summed E-state index contributed by atoms with van der Waals surface area (Å²) in [6.45, 7) is 3.75. The van der Waals surface area contributed by atoms with Crippen LogP contribution in [0.3, 0.4) is 0 Å². The van der Waals surface area contributed by atoms with E-state index in [0.717, 1.165) is 12.8 Å². The summed E-state index contributed by atoms with van der Waals surface area (Å²) in [6.07, 6.45) is 7.12. The van der Waals surface area contributed by atoms with Crippen molar-refractivity contribution in [1.29, 1.82) is 0 Å². The largest absolute Gasteiger partial charge is 0.388 e. The Morgan fingerprint density at radius 3 is 2.72 bits per heavy atom. The SMILES string of the molecule is CCCCC(N=C(C)N)C(=O)Nc1cncnc1. The molecule has 1 atom stereocenters. The van der Waals surface area contributed by atoms with Crippen LogP contribution in [0, 0.1) is 0 Å². The fraction of sp³-hybridized carbons (Fsp3) is 0.500. The van der Waals surface area contributed by atoms with Crippen molar-refractivity contribution in [3.05, 3.63) is 18.7 Å². The molecule has 0 saturated carbocycles. The van der Waals surface area contributed by atoms with E-state index in [-0.39, 0.29) is 5.91 Å². The number of hydrogen-bond acceptors (Lipinski definition) is 4. The van der Waals surface area contributed by atoms with Crippen LogP contribution in [0.2, 0.25) is 0 Å². The summed E-state index contributed by atoms with van der Waals surface area (Å²) in [7, 11) is 0. The monoisotopic (exact) mass is 249 g/mol. The lowest BCUT2D eigenvalue weighted by Crippen LogP contribution is -2.28. The van der Waals surface area contributed by atoms with Crippen LogP contribution in [0.25, 0.3) is 0 Å². The maximum atomic E-state index is 12.0. The Hall–Kier alpha value is -1.98. The lowest BCUT2D eigenvalue weighted by atomic mass is 10.1. The van der Waals surface area contributed by atoms with Gasteiger partial charge in [0.2, 0.25) is 5.91 Å². The van der Waals surface area contributed by atoms with E-state index < -0.39 is 6.04 Å². The van der Waals surface area contributed by atoms with Gasteiger partial charge in [-0.3, -0.25) is 9.79 Å². The average molecular weight is 249 g/mol. The fourth-order valence-corrected chi connectivity index (χ4v) is 1.49. The number of carbonyl (C=O) groups is 1. The number of aromatic nitrogens is 2. The second-order valence-corrected chi connectivity index (χ2v) is 4.04. The molecule has 0 radical (unpaired) electrons. The Bertz CT molecular complexity index is 400. The molecule has 1 aromatic heterocycles. The predicted octanol–water partition coefficient (Wildman–Crippen LogP) is 1.35. The van der Waals surface area contributed by atoms with Crippen LogP contribution in [0.1, 0.15) is 33.1 Å². The van der Waals surface area contributed by atoms with Crippen molar-refractivity contribution >= 4 is 17.4 Å². The third-order valence-corrected chi connectivity index (χ3v) is 2.32. The molecule has 3 N–H and O–H groups in total. The summed E-state index contributed by atoms with van der Waals surface area (Å²) in [5.41, 5.74) is 6.11. The molecule has 0 aliphatic carbocycles. The van der Waals surface area contributed by atoms with Gasteiger partial charge in [-0.05, 0) is 13.3 Å². The second-order valence-electron chi connectivity index (χ2n) is 4.04. The van der Waals surface area contributed by atoms with Crippen LogP contribution < -0.4 is 11.1 Å². The van der Waals surface area contributed by atoms with Crippen LogP contribution in [-0.2, 0) is 4.79 Å². The summed E-state index contributed by atoms with van der Waals surface area (Å²) in [5.74, 6) is 0.235. The minimum atomic E-state index is -0.449. The first-order valence-corrected chi connectivity index (χ1v) is 5.99. The van der Waals surface area contributed by atoms with Crippen molar-refractivity contribution in [2.75, 3.05) is 5.32 Å². The zero-order valence-corrected chi connectivity index (χ0v) is 10.8. The Balaban J connectivity index is 2.67. The maximum Gasteiger partial charge on any atom is 0.249 e. The van der Waals surface area contributed by atoms with Crippen LogP contribution in [-0.4, -0.2) is 27.8 Å². The Morgan fingerprint density at radius 2 is 2.17 bits per heavy atom. The first kappa shape index (κ1) is 14.1. The average Bonchev–Trinajstić information content (AvgIpc) is 2.35. The highest BCUT2D eigenvalue weighted by Crippen LogP contribution is 2.09. The number of nitrogens with two attached hydrogens (primary N) is 1. The lowest BCUT2D eigenvalue weighted by Gasteiger charge is -2.12. The summed E-state index contributed by atoms with van der Waals surface area (Å²) < 4.78 is 0. The van der Waals surface area contributed by atoms with E-state index in [0.29, 0.717) is 17.9 Å². The van der Waals surface area contributed by atoms with Crippen molar-refractivity contribution in [2.24, 2.45) is 10.7 Å². The third-order valence-electron chi connectivity index (χ3n) is 2.32. The van der Waals surface area contributed by atoms with Gasteiger partial charge in [0, 0.05) is 0 Å². The van der Waals surface area contributed by atoms with Gasteiger partial charge in [0.1, 0.15) is 12.4 Å². The molecule has 0 saturated heterocycles. The standard InChI is InChI=1S/C12H19N5O/c1-3-4-5-11(16-9(2)13)12(18)17-10-6-14-8-15-7-10/h6-8,11H,3-5H2,1-2H3,(H2,13,16)(H,17,18). The van der Waals surface area contributed by atoms with Crippen LogP contribution >= 0.6 is 0 Å². The number of nitrogens with zero attached hydrogens (tertiary/aromatic N) is 3. The molecule has 1 amide bonds. The fourth-order valence-electron chi connectivity index (χ4n) is 1.49. The van der Waals surface area contributed by atoms with E-state index in [2.05, 4.69) is 27.2 Å². The van der Waals surface area contributed by atoms with Crippen molar-refractivity contribution in [1.82, 2.24) is 9.97 Å². The zero-order valence-electron chi connectivity index (χ0n) is 10.8. The lowest BCUT2D eigenvalue weighted by molar-refractivity contribution is -0.117. The number of rotatable bonds is 6. The molecule has 6 nitrogen and oxygen atoms in total. The van der Waals surface area contributed by atoms with Gasteiger partial charge in [-0.1, -0.05) is 19.8 Å². The molecule has 0 bridgehead atoms. The topological polar surface area (TPSA) is 93.3 Å². The van der Waals surface area contributed by atoms with Crippen LogP contribution in [0.5, 0.6) is 0 Å². The van der Waals surface area contributed by atoms with E-state index in [1.165, 1.54) is 6.33 Å². The highest BCUT2D eigenvalue weighted by Gasteiger charge is 2.17. The summed E-state index contributed by atoms with van der Waals surface area (Å²) in [5, 5.41) is 2.73. The van der Waals surface area contributed by atoms with Crippen LogP contribution in [0.15, 0.2) is 23.7 Å². The minimum absolute atomic E-state index is 0.178. The van der Waals surface area contributed by atoms with E-state index in [9.17, 15) is 4.79 Å². The number of nitrogens with one attached hydrogen (secondary N) is 1. The molecule has 1 heterocycles. The van der Waals surface area contributed by atoms with Crippen molar-refractivity contribution in [2.45, 2.75) is 39.2 Å². The summed E-state index contributed by atoms with van der Waals surface area (Å²) in [4.78, 5) is 23.8. The predicted molar refractivity (Wildman–Crippen MR) is 71.3 cm³/mol. The minimum Gasteiger partial charge on any atom is -0.388 e. The van der Waals surface area contributed by atoms with Gasteiger partial charge in [-0.25, -0.2) is 9.97 Å². The zero-order chi connectivity index (χ0) is 13.4. The van der Waals surface area contributed by atoms with Crippen molar-refractivity contribution < 1.29 is 4.79 Å². The van der Waals surface area contributed by atoms with E-state index >= 15 is 0 Å². The van der Waals surface area contributed by atoms with Gasteiger partial charge in [0.05, 0.1) is 23.9 Å². The number of amidine groups is 1. The molecule has 0 aliphatic rings. The van der Waals surface area contributed by atoms with Gasteiger partial charge < -0.3 is 11.1 Å². The number of anilines is 1. The van der Waals surface area contributed by atoms with Gasteiger partial charge in [0.25, 0.3) is 0 Å².